The molecule has 6 rings (SSSR count). The SMILES string of the molecule is COc1ccc(C2=NO[C@@H]3[C@H]4C[C@@H]([C@H]23)[C@@H]2C(=O)N(c3ccc(C(C)=O)cc3)C(=O)[C@@H]42)c(OC)c1. The molecule has 2 aliphatic heterocycles. The first-order chi connectivity index (χ1) is 16.4. The third kappa shape index (κ3) is 2.71. The average molecular weight is 460 g/mol. The number of benzene rings is 2. The largest absolute Gasteiger partial charge is 0.497 e. The Balaban J connectivity index is 1.32. The maximum Gasteiger partial charge on any atom is 0.238 e. The molecule has 8 heteroatoms. The van der Waals surface area contributed by atoms with Gasteiger partial charge in [-0.2, -0.15) is 0 Å². The quantitative estimate of drug-likeness (QED) is 0.503. The Morgan fingerprint density at radius 3 is 2.32 bits per heavy atom. The van der Waals surface area contributed by atoms with Crippen molar-refractivity contribution < 1.29 is 28.7 Å². The second-order valence-corrected chi connectivity index (χ2v) is 9.37. The summed E-state index contributed by atoms with van der Waals surface area (Å²) in [7, 11) is 3.19. The highest BCUT2D eigenvalue weighted by Crippen LogP contribution is 2.62. The van der Waals surface area contributed by atoms with Crippen molar-refractivity contribution in [3.05, 3.63) is 53.6 Å². The van der Waals surface area contributed by atoms with Crippen molar-refractivity contribution >= 4 is 29.0 Å². The van der Waals surface area contributed by atoms with E-state index in [1.54, 1.807) is 44.6 Å². The van der Waals surface area contributed by atoms with Gasteiger partial charge in [0.25, 0.3) is 0 Å². The van der Waals surface area contributed by atoms with E-state index in [4.69, 9.17) is 14.3 Å². The molecule has 2 heterocycles. The number of methoxy groups -OCH3 is 2. The lowest BCUT2D eigenvalue weighted by Gasteiger charge is -2.30. The third-order valence-corrected chi connectivity index (χ3v) is 7.91. The molecule has 0 radical (unpaired) electrons. The van der Waals surface area contributed by atoms with Crippen molar-refractivity contribution in [3.63, 3.8) is 0 Å². The van der Waals surface area contributed by atoms with Gasteiger partial charge in [-0.3, -0.25) is 19.3 Å². The molecule has 34 heavy (non-hydrogen) atoms. The van der Waals surface area contributed by atoms with Crippen molar-refractivity contribution in [2.24, 2.45) is 34.7 Å². The van der Waals surface area contributed by atoms with Crippen LogP contribution in [0.1, 0.15) is 29.3 Å². The van der Waals surface area contributed by atoms with E-state index in [9.17, 15) is 14.4 Å². The fourth-order valence-electron chi connectivity index (χ4n) is 6.46. The van der Waals surface area contributed by atoms with Crippen LogP contribution in [0.4, 0.5) is 5.69 Å². The van der Waals surface area contributed by atoms with E-state index in [1.807, 2.05) is 12.1 Å². The van der Waals surface area contributed by atoms with Gasteiger partial charge in [0.2, 0.25) is 11.8 Å². The van der Waals surface area contributed by atoms with Gasteiger partial charge in [-0.15, -0.1) is 0 Å². The lowest BCUT2D eigenvalue weighted by molar-refractivity contribution is -0.125. The van der Waals surface area contributed by atoms with Crippen LogP contribution in [-0.4, -0.2) is 43.6 Å². The van der Waals surface area contributed by atoms with Crippen LogP contribution in [0.2, 0.25) is 0 Å². The highest BCUT2D eigenvalue weighted by molar-refractivity contribution is 6.23. The predicted molar refractivity (Wildman–Crippen MR) is 122 cm³/mol. The number of Topliss-reactive ketones (excluding diaryl/α,β-unsaturated/α-hetero) is 1. The Hall–Kier alpha value is -3.68. The van der Waals surface area contributed by atoms with Crippen LogP contribution in [0, 0.1) is 29.6 Å². The van der Waals surface area contributed by atoms with Crippen LogP contribution < -0.4 is 14.4 Å². The van der Waals surface area contributed by atoms with E-state index in [0.29, 0.717) is 22.7 Å². The number of oxime groups is 1. The Bertz CT molecular complexity index is 1250. The molecule has 0 N–H and O–H groups in total. The molecular formula is C26H24N2O6. The van der Waals surface area contributed by atoms with E-state index in [1.165, 1.54) is 11.8 Å². The minimum absolute atomic E-state index is 0.0361. The standard InChI is InChI=1S/C26H24N2O6/c1-12(29)13-4-6-14(7-5-13)28-25(30)20-17-11-18(21(20)26(28)31)24-22(17)23(27-34-24)16-9-8-15(32-2)10-19(16)33-3/h4-10,17-18,20-22,24H,11H2,1-3H3/t17-,18+,20+,21+,22-,24-/m1/s1. The monoisotopic (exact) mass is 460 g/mol. The summed E-state index contributed by atoms with van der Waals surface area (Å²) in [6.45, 7) is 1.49. The minimum Gasteiger partial charge on any atom is -0.497 e. The van der Waals surface area contributed by atoms with Crippen molar-refractivity contribution in [2.75, 3.05) is 19.1 Å². The number of ketones is 1. The molecule has 2 aromatic carbocycles. The van der Waals surface area contributed by atoms with E-state index < -0.39 is 11.8 Å². The second-order valence-electron chi connectivity index (χ2n) is 9.37. The van der Waals surface area contributed by atoms with E-state index in [-0.39, 0.29) is 41.5 Å². The van der Waals surface area contributed by atoms with Crippen molar-refractivity contribution in [1.82, 2.24) is 0 Å². The molecule has 0 spiro atoms. The summed E-state index contributed by atoms with van der Waals surface area (Å²) in [4.78, 5) is 45.8. The number of carbonyl (C=O) groups excluding carboxylic acids is 3. The summed E-state index contributed by atoms with van der Waals surface area (Å²) >= 11 is 0. The Morgan fingerprint density at radius 2 is 1.68 bits per heavy atom. The van der Waals surface area contributed by atoms with Gasteiger partial charge in [0, 0.05) is 29.0 Å². The van der Waals surface area contributed by atoms with Crippen molar-refractivity contribution in [3.8, 4) is 11.5 Å². The number of carbonyl (C=O) groups is 3. The zero-order valence-electron chi connectivity index (χ0n) is 19.1. The minimum atomic E-state index is -0.404. The van der Waals surface area contributed by atoms with E-state index >= 15 is 0 Å². The zero-order chi connectivity index (χ0) is 23.7. The molecule has 6 atom stereocenters. The molecule has 3 fully saturated rings. The summed E-state index contributed by atoms with van der Waals surface area (Å²) in [5.74, 6) is -0.109. The highest BCUT2D eigenvalue weighted by atomic mass is 16.6. The number of nitrogens with zero attached hydrogens (tertiary/aromatic N) is 2. The number of ether oxygens (including phenoxy) is 2. The number of fused-ring (bicyclic) bond motifs is 8. The van der Waals surface area contributed by atoms with Gasteiger partial charge in [-0.25, -0.2) is 0 Å². The number of hydrogen-bond donors (Lipinski definition) is 0. The number of rotatable bonds is 5. The Labute approximate surface area is 196 Å². The molecule has 1 saturated heterocycles. The summed E-state index contributed by atoms with van der Waals surface area (Å²) < 4.78 is 10.9. The highest BCUT2D eigenvalue weighted by Gasteiger charge is 2.70. The number of anilines is 1. The Morgan fingerprint density at radius 1 is 0.971 bits per heavy atom. The van der Waals surface area contributed by atoms with E-state index in [0.717, 1.165) is 17.7 Å². The van der Waals surface area contributed by atoms with Gasteiger partial charge in [0.1, 0.15) is 17.6 Å². The third-order valence-electron chi connectivity index (χ3n) is 7.91. The fraction of sp³-hybridized carbons (Fsp3) is 0.385. The van der Waals surface area contributed by atoms with Gasteiger partial charge >= 0.3 is 0 Å². The van der Waals surface area contributed by atoms with Crippen LogP contribution in [0.3, 0.4) is 0 Å². The second kappa shape index (κ2) is 7.41. The number of imide groups is 1. The van der Waals surface area contributed by atoms with Gasteiger partial charge in [-0.1, -0.05) is 5.16 Å². The number of amides is 2. The van der Waals surface area contributed by atoms with E-state index in [2.05, 4.69) is 5.16 Å². The molecule has 4 aliphatic rings. The summed E-state index contributed by atoms with van der Waals surface area (Å²) in [5.41, 5.74) is 2.62. The smallest absolute Gasteiger partial charge is 0.238 e. The maximum absolute atomic E-state index is 13.6. The average Bonchev–Trinajstić information content (AvgIpc) is 3.59. The lowest BCUT2D eigenvalue weighted by Crippen LogP contribution is -2.41. The Kier molecular flexibility index (Phi) is 4.56. The normalized spacial score (nSPS) is 30.7. The first-order valence-corrected chi connectivity index (χ1v) is 11.4. The first kappa shape index (κ1) is 20.9. The summed E-state index contributed by atoms with van der Waals surface area (Å²) in [6, 6.07) is 12.2. The van der Waals surface area contributed by atoms with Gasteiger partial charge < -0.3 is 14.3 Å². The summed E-state index contributed by atoms with van der Waals surface area (Å²) in [5, 5.41) is 4.40. The van der Waals surface area contributed by atoms with Crippen LogP contribution in [0.5, 0.6) is 11.5 Å². The van der Waals surface area contributed by atoms with Crippen molar-refractivity contribution in [1.29, 1.82) is 0 Å². The molecular weight excluding hydrogens is 436 g/mol. The summed E-state index contributed by atoms with van der Waals surface area (Å²) in [6.07, 6.45) is 0.529. The molecule has 2 aromatic rings. The maximum atomic E-state index is 13.6. The molecule has 8 nitrogen and oxygen atoms in total. The zero-order valence-corrected chi connectivity index (χ0v) is 19.1. The molecule has 0 aromatic heterocycles. The van der Waals surface area contributed by atoms with Crippen LogP contribution in [0.15, 0.2) is 47.6 Å². The number of hydrogen-bond acceptors (Lipinski definition) is 7. The van der Waals surface area contributed by atoms with Gasteiger partial charge in [-0.05, 0) is 55.7 Å². The first-order valence-electron chi connectivity index (χ1n) is 11.4. The van der Waals surface area contributed by atoms with Gasteiger partial charge in [0.05, 0.1) is 37.5 Å². The molecule has 0 unspecified atom stereocenters. The lowest BCUT2D eigenvalue weighted by atomic mass is 9.71. The molecule has 2 amide bonds. The topological polar surface area (TPSA) is 94.5 Å². The molecule has 174 valence electrons. The van der Waals surface area contributed by atoms with Gasteiger partial charge in [0.15, 0.2) is 5.78 Å². The van der Waals surface area contributed by atoms with Crippen LogP contribution >= 0.6 is 0 Å². The van der Waals surface area contributed by atoms with Crippen molar-refractivity contribution in [2.45, 2.75) is 19.4 Å². The molecule has 2 saturated carbocycles. The molecule has 2 bridgehead atoms. The molecule has 2 aliphatic carbocycles. The fourth-order valence-corrected chi connectivity index (χ4v) is 6.46. The van der Waals surface area contributed by atoms with Crippen LogP contribution in [0.25, 0.3) is 0 Å². The van der Waals surface area contributed by atoms with Crippen LogP contribution in [-0.2, 0) is 14.4 Å². The predicted octanol–water partition coefficient (Wildman–Crippen LogP) is 3.08.